The van der Waals surface area contributed by atoms with Crippen molar-refractivity contribution in [2.75, 3.05) is 25.5 Å². The van der Waals surface area contributed by atoms with Crippen LogP contribution in [0, 0.1) is 23.2 Å². The average Bonchev–Trinajstić information content (AvgIpc) is 2.78. The van der Waals surface area contributed by atoms with Gasteiger partial charge in [0, 0.05) is 18.4 Å². The van der Waals surface area contributed by atoms with Crippen LogP contribution in [-0.4, -0.2) is 30.4 Å². The van der Waals surface area contributed by atoms with Crippen molar-refractivity contribution in [2.45, 2.75) is 39.5 Å². The van der Waals surface area contributed by atoms with Gasteiger partial charge in [0.2, 0.25) is 0 Å². The van der Waals surface area contributed by atoms with E-state index in [1.54, 1.807) is 6.42 Å². The van der Waals surface area contributed by atoms with Crippen LogP contribution < -0.4 is 0 Å². The Hall–Kier alpha value is 0.440. The number of hydrogen-bond donors (Lipinski definition) is 0. The van der Waals surface area contributed by atoms with Crippen LogP contribution in [0.3, 0.4) is 0 Å². The number of rotatable bonds is 5. The van der Waals surface area contributed by atoms with E-state index in [1.807, 2.05) is 0 Å². The van der Waals surface area contributed by atoms with Crippen LogP contribution in [0.1, 0.15) is 39.5 Å². The fraction of sp³-hybridized carbons (Fsp3) is 1.00. The van der Waals surface area contributed by atoms with Gasteiger partial charge >= 0.3 is 0 Å². The summed E-state index contributed by atoms with van der Waals surface area (Å²) in [5.41, 5.74) is 0.409. The molecule has 2 aliphatic rings. The SMILES string of the molecule is CN(CC1CC2CCC1C2)CC(C)(C)CBr. The van der Waals surface area contributed by atoms with Crippen molar-refractivity contribution in [1.82, 2.24) is 4.90 Å². The van der Waals surface area contributed by atoms with E-state index in [2.05, 4.69) is 41.7 Å². The first-order valence-corrected chi connectivity index (χ1v) is 7.87. The predicted octanol–water partition coefficient (Wildman–Crippen LogP) is 3.78. The first-order valence-electron chi connectivity index (χ1n) is 6.75. The molecule has 2 fully saturated rings. The Morgan fingerprint density at radius 3 is 2.50 bits per heavy atom. The van der Waals surface area contributed by atoms with Gasteiger partial charge in [0.25, 0.3) is 0 Å². The zero-order valence-electron chi connectivity index (χ0n) is 11.0. The second-order valence-corrected chi connectivity index (χ2v) is 7.49. The van der Waals surface area contributed by atoms with Crippen molar-refractivity contribution in [1.29, 1.82) is 0 Å². The Morgan fingerprint density at radius 2 is 2.00 bits per heavy atom. The van der Waals surface area contributed by atoms with Gasteiger partial charge in [-0.25, -0.2) is 0 Å². The van der Waals surface area contributed by atoms with Gasteiger partial charge in [-0.15, -0.1) is 0 Å². The molecule has 0 saturated heterocycles. The summed E-state index contributed by atoms with van der Waals surface area (Å²) in [6.45, 7) is 7.24. The second kappa shape index (κ2) is 4.97. The molecular formula is C14H26BrN. The fourth-order valence-electron chi connectivity index (χ4n) is 3.84. The average molecular weight is 288 g/mol. The Morgan fingerprint density at radius 1 is 1.25 bits per heavy atom. The highest BCUT2D eigenvalue weighted by atomic mass is 79.9. The first kappa shape index (κ1) is 12.9. The van der Waals surface area contributed by atoms with E-state index in [0.717, 1.165) is 23.1 Å². The molecule has 0 spiro atoms. The Labute approximate surface area is 109 Å². The second-order valence-electron chi connectivity index (χ2n) is 6.93. The van der Waals surface area contributed by atoms with E-state index in [4.69, 9.17) is 0 Å². The van der Waals surface area contributed by atoms with E-state index in [-0.39, 0.29) is 0 Å². The molecule has 94 valence electrons. The largest absolute Gasteiger partial charge is 0.306 e. The van der Waals surface area contributed by atoms with Gasteiger partial charge in [-0.05, 0) is 49.5 Å². The molecule has 0 aromatic rings. The Bertz CT molecular complexity index is 239. The molecule has 2 bridgehead atoms. The highest BCUT2D eigenvalue weighted by molar-refractivity contribution is 9.09. The summed E-state index contributed by atoms with van der Waals surface area (Å²) in [6, 6.07) is 0. The van der Waals surface area contributed by atoms with Crippen LogP contribution in [0.25, 0.3) is 0 Å². The van der Waals surface area contributed by atoms with E-state index in [9.17, 15) is 0 Å². The van der Waals surface area contributed by atoms with Crippen LogP contribution in [-0.2, 0) is 0 Å². The van der Waals surface area contributed by atoms with Gasteiger partial charge in [0.05, 0.1) is 0 Å². The molecule has 16 heavy (non-hydrogen) atoms. The molecule has 0 heterocycles. The molecule has 3 unspecified atom stereocenters. The van der Waals surface area contributed by atoms with Gasteiger partial charge < -0.3 is 4.90 Å². The van der Waals surface area contributed by atoms with Crippen LogP contribution in [0.15, 0.2) is 0 Å². The first-order chi connectivity index (χ1) is 7.50. The summed E-state index contributed by atoms with van der Waals surface area (Å²) >= 11 is 3.62. The lowest BCUT2D eigenvalue weighted by Crippen LogP contribution is -2.36. The number of hydrogen-bond acceptors (Lipinski definition) is 1. The molecular weight excluding hydrogens is 262 g/mol. The normalized spacial score (nSPS) is 33.9. The number of fused-ring (bicyclic) bond motifs is 2. The predicted molar refractivity (Wildman–Crippen MR) is 74.0 cm³/mol. The summed E-state index contributed by atoms with van der Waals surface area (Å²) in [5.74, 6) is 3.17. The molecule has 0 amide bonds. The van der Waals surface area contributed by atoms with Crippen molar-refractivity contribution in [2.24, 2.45) is 23.2 Å². The molecule has 2 aliphatic carbocycles. The zero-order valence-corrected chi connectivity index (χ0v) is 12.6. The standard InChI is InChI=1S/C14H26BrN/c1-14(2,9-15)10-16(3)8-13-7-11-4-5-12(13)6-11/h11-13H,4-10H2,1-3H3. The molecule has 0 aromatic heterocycles. The lowest BCUT2D eigenvalue weighted by molar-refractivity contribution is 0.175. The van der Waals surface area contributed by atoms with Gasteiger partial charge in [0.15, 0.2) is 0 Å². The summed E-state index contributed by atoms with van der Waals surface area (Å²) in [5, 5.41) is 1.10. The maximum atomic E-state index is 3.62. The van der Waals surface area contributed by atoms with Crippen LogP contribution in [0.2, 0.25) is 0 Å². The van der Waals surface area contributed by atoms with E-state index in [1.165, 1.54) is 32.4 Å². The fourth-order valence-corrected chi connectivity index (χ4v) is 4.02. The third kappa shape index (κ3) is 3.01. The summed E-state index contributed by atoms with van der Waals surface area (Å²) in [7, 11) is 2.30. The quantitative estimate of drug-likeness (QED) is 0.696. The lowest BCUT2D eigenvalue weighted by Gasteiger charge is -2.32. The Kier molecular flexibility index (Phi) is 4.01. The maximum Gasteiger partial charge on any atom is 0.00949 e. The minimum atomic E-state index is 0.409. The third-order valence-corrected chi connectivity index (χ3v) is 6.01. The Balaban J connectivity index is 1.77. The summed E-state index contributed by atoms with van der Waals surface area (Å²) in [6.07, 6.45) is 6.10. The third-order valence-electron chi connectivity index (χ3n) is 4.49. The van der Waals surface area contributed by atoms with Crippen molar-refractivity contribution in [3.8, 4) is 0 Å². The van der Waals surface area contributed by atoms with Gasteiger partial charge in [-0.2, -0.15) is 0 Å². The zero-order chi connectivity index (χ0) is 11.8. The van der Waals surface area contributed by atoms with Crippen molar-refractivity contribution >= 4 is 15.9 Å². The smallest absolute Gasteiger partial charge is 0.00949 e. The topological polar surface area (TPSA) is 3.24 Å². The van der Waals surface area contributed by atoms with Crippen molar-refractivity contribution in [3.05, 3.63) is 0 Å². The summed E-state index contributed by atoms with van der Waals surface area (Å²) < 4.78 is 0. The molecule has 0 aromatic carbocycles. The van der Waals surface area contributed by atoms with Gasteiger partial charge in [0.1, 0.15) is 0 Å². The highest BCUT2D eigenvalue weighted by Crippen LogP contribution is 2.48. The van der Waals surface area contributed by atoms with Crippen LogP contribution in [0.5, 0.6) is 0 Å². The highest BCUT2D eigenvalue weighted by Gasteiger charge is 2.39. The minimum absolute atomic E-state index is 0.409. The lowest BCUT2D eigenvalue weighted by atomic mass is 9.88. The molecule has 0 N–H and O–H groups in total. The molecule has 1 nitrogen and oxygen atoms in total. The molecule has 2 rings (SSSR count). The van der Waals surface area contributed by atoms with E-state index < -0.39 is 0 Å². The van der Waals surface area contributed by atoms with Crippen LogP contribution in [0.4, 0.5) is 0 Å². The van der Waals surface area contributed by atoms with Gasteiger partial charge in [-0.1, -0.05) is 36.2 Å². The molecule has 2 heteroatoms. The maximum absolute atomic E-state index is 3.62. The van der Waals surface area contributed by atoms with E-state index >= 15 is 0 Å². The number of nitrogens with zero attached hydrogens (tertiary/aromatic N) is 1. The molecule has 0 radical (unpaired) electrons. The van der Waals surface area contributed by atoms with Crippen molar-refractivity contribution in [3.63, 3.8) is 0 Å². The summed E-state index contributed by atoms with van der Waals surface area (Å²) in [4.78, 5) is 2.56. The van der Waals surface area contributed by atoms with Crippen LogP contribution >= 0.6 is 15.9 Å². The molecule has 2 saturated carbocycles. The monoisotopic (exact) mass is 287 g/mol. The minimum Gasteiger partial charge on any atom is -0.306 e. The molecule has 3 atom stereocenters. The number of alkyl halides is 1. The molecule has 0 aliphatic heterocycles. The van der Waals surface area contributed by atoms with E-state index in [0.29, 0.717) is 5.41 Å². The van der Waals surface area contributed by atoms with Gasteiger partial charge in [-0.3, -0.25) is 0 Å². The van der Waals surface area contributed by atoms with Crippen molar-refractivity contribution < 1.29 is 0 Å². The number of halogens is 1.